The van der Waals surface area contributed by atoms with Crippen molar-refractivity contribution in [3.8, 4) is 0 Å². The van der Waals surface area contributed by atoms with Crippen molar-refractivity contribution in [3.63, 3.8) is 0 Å². The van der Waals surface area contributed by atoms with Gasteiger partial charge in [0.05, 0.1) is 11.8 Å². The van der Waals surface area contributed by atoms with E-state index in [2.05, 4.69) is 10.2 Å². The van der Waals surface area contributed by atoms with Crippen molar-refractivity contribution in [3.05, 3.63) is 29.8 Å². The highest BCUT2D eigenvalue weighted by atomic mass is 16.2. The van der Waals surface area contributed by atoms with Gasteiger partial charge in [-0.25, -0.2) is 0 Å². The van der Waals surface area contributed by atoms with E-state index < -0.39 is 0 Å². The second kappa shape index (κ2) is 3.58. The predicted molar refractivity (Wildman–Crippen MR) is 63.5 cm³/mol. The third-order valence-electron chi connectivity index (χ3n) is 3.64. The number of rotatable bonds is 1. The van der Waals surface area contributed by atoms with Crippen molar-refractivity contribution in [2.75, 3.05) is 18.0 Å². The highest BCUT2D eigenvalue weighted by Gasteiger charge is 2.47. The summed E-state index contributed by atoms with van der Waals surface area (Å²) >= 11 is 0. The van der Waals surface area contributed by atoms with Gasteiger partial charge in [-0.3, -0.25) is 14.9 Å². The molecule has 88 valence electrons. The SMILES string of the molecule is Cc1ccc(N2C[C@@H]3C(=O)NC(=O)[C@@H]3C2)cc1. The molecule has 0 radical (unpaired) electrons. The molecular weight excluding hydrogens is 216 g/mol. The van der Waals surface area contributed by atoms with E-state index >= 15 is 0 Å². The Hall–Kier alpha value is -1.84. The maximum absolute atomic E-state index is 11.5. The molecule has 0 aliphatic carbocycles. The number of imide groups is 1. The van der Waals surface area contributed by atoms with Crippen molar-refractivity contribution >= 4 is 17.5 Å². The largest absolute Gasteiger partial charge is 0.370 e. The molecular formula is C13H14N2O2. The molecule has 0 spiro atoms. The normalized spacial score (nSPS) is 27.2. The molecule has 2 atom stereocenters. The average molecular weight is 230 g/mol. The van der Waals surface area contributed by atoms with E-state index in [9.17, 15) is 9.59 Å². The van der Waals surface area contributed by atoms with E-state index in [1.807, 2.05) is 31.2 Å². The molecule has 2 aliphatic heterocycles. The Morgan fingerprint density at radius 1 is 1.06 bits per heavy atom. The van der Waals surface area contributed by atoms with Crippen LogP contribution >= 0.6 is 0 Å². The third-order valence-corrected chi connectivity index (χ3v) is 3.64. The number of aryl methyl sites for hydroxylation is 1. The maximum Gasteiger partial charge on any atom is 0.232 e. The number of carbonyl (C=O) groups is 2. The summed E-state index contributed by atoms with van der Waals surface area (Å²) in [6.07, 6.45) is 0. The Bertz CT molecular complexity index is 459. The summed E-state index contributed by atoms with van der Waals surface area (Å²) in [5.41, 5.74) is 2.30. The van der Waals surface area contributed by atoms with Crippen LogP contribution in [-0.4, -0.2) is 24.9 Å². The van der Waals surface area contributed by atoms with E-state index in [-0.39, 0.29) is 23.7 Å². The monoisotopic (exact) mass is 230 g/mol. The van der Waals surface area contributed by atoms with Gasteiger partial charge in [-0.2, -0.15) is 0 Å². The minimum Gasteiger partial charge on any atom is -0.370 e. The van der Waals surface area contributed by atoms with E-state index in [1.165, 1.54) is 5.56 Å². The zero-order valence-electron chi connectivity index (χ0n) is 9.64. The van der Waals surface area contributed by atoms with Crippen LogP contribution in [0.2, 0.25) is 0 Å². The maximum atomic E-state index is 11.5. The van der Waals surface area contributed by atoms with E-state index in [1.54, 1.807) is 0 Å². The Labute approximate surface area is 99.6 Å². The highest BCUT2D eigenvalue weighted by molar-refractivity contribution is 6.06. The number of hydrogen-bond donors (Lipinski definition) is 1. The van der Waals surface area contributed by atoms with Crippen molar-refractivity contribution in [1.82, 2.24) is 5.32 Å². The molecule has 0 saturated carbocycles. The Morgan fingerprint density at radius 3 is 2.12 bits per heavy atom. The lowest BCUT2D eigenvalue weighted by Gasteiger charge is -2.19. The number of anilines is 1. The van der Waals surface area contributed by atoms with Gasteiger partial charge in [0.25, 0.3) is 0 Å². The first-order chi connectivity index (χ1) is 8.15. The fraction of sp³-hybridized carbons (Fsp3) is 0.385. The summed E-state index contributed by atoms with van der Waals surface area (Å²) in [5, 5.41) is 2.40. The van der Waals surface area contributed by atoms with Crippen LogP contribution < -0.4 is 10.2 Å². The summed E-state index contributed by atoms with van der Waals surface area (Å²) in [6, 6.07) is 8.17. The molecule has 1 aromatic rings. The molecule has 3 rings (SSSR count). The number of nitrogens with zero attached hydrogens (tertiary/aromatic N) is 1. The number of fused-ring (bicyclic) bond motifs is 1. The van der Waals surface area contributed by atoms with E-state index in [0.717, 1.165) is 5.69 Å². The first-order valence-corrected chi connectivity index (χ1v) is 5.81. The number of amides is 2. The van der Waals surface area contributed by atoms with Crippen molar-refractivity contribution < 1.29 is 9.59 Å². The van der Waals surface area contributed by atoms with Gasteiger partial charge >= 0.3 is 0 Å². The number of benzene rings is 1. The van der Waals surface area contributed by atoms with Gasteiger partial charge in [0.2, 0.25) is 11.8 Å². The zero-order valence-corrected chi connectivity index (χ0v) is 9.64. The van der Waals surface area contributed by atoms with Gasteiger partial charge in [-0.1, -0.05) is 17.7 Å². The van der Waals surface area contributed by atoms with Crippen LogP contribution in [0.1, 0.15) is 5.56 Å². The number of hydrogen-bond acceptors (Lipinski definition) is 3. The molecule has 0 aromatic heterocycles. The lowest BCUT2D eigenvalue weighted by molar-refractivity contribution is -0.126. The second-order valence-corrected chi connectivity index (χ2v) is 4.81. The smallest absolute Gasteiger partial charge is 0.232 e. The molecule has 1 aromatic carbocycles. The van der Waals surface area contributed by atoms with Gasteiger partial charge in [-0.15, -0.1) is 0 Å². The number of nitrogens with one attached hydrogen (secondary N) is 1. The first kappa shape index (κ1) is 10.3. The van der Waals surface area contributed by atoms with Crippen molar-refractivity contribution in [1.29, 1.82) is 0 Å². The molecule has 1 N–H and O–H groups in total. The second-order valence-electron chi connectivity index (χ2n) is 4.81. The molecule has 0 unspecified atom stereocenters. The summed E-state index contributed by atoms with van der Waals surface area (Å²) in [6.45, 7) is 3.33. The predicted octanol–water partition coefficient (Wildman–Crippen LogP) is 0.704. The van der Waals surface area contributed by atoms with Crippen LogP contribution in [-0.2, 0) is 9.59 Å². The van der Waals surface area contributed by atoms with Crippen LogP contribution in [0.15, 0.2) is 24.3 Å². The summed E-state index contributed by atoms with van der Waals surface area (Å²) in [7, 11) is 0. The van der Waals surface area contributed by atoms with Crippen molar-refractivity contribution in [2.24, 2.45) is 11.8 Å². The van der Waals surface area contributed by atoms with Gasteiger partial charge in [0.15, 0.2) is 0 Å². The van der Waals surface area contributed by atoms with E-state index in [4.69, 9.17) is 0 Å². The van der Waals surface area contributed by atoms with Gasteiger partial charge in [-0.05, 0) is 19.1 Å². The summed E-state index contributed by atoms with van der Waals surface area (Å²) in [4.78, 5) is 25.2. The molecule has 0 bridgehead atoms. The molecule has 4 heteroatoms. The molecule has 4 nitrogen and oxygen atoms in total. The van der Waals surface area contributed by atoms with Crippen LogP contribution in [0.3, 0.4) is 0 Å². The Balaban J connectivity index is 1.83. The molecule has 2 fully saturated rings. The summed E-state index contributed by atoms with van der Waals surface area (Å²) < 4.78 is 0. The number of carbonyl (C=O) groups excluding carboxylic acids is 2. The van der Waals surface area contributed by atoms with Crippen LogP contribution in [0.5, 0.6) is 0 Å². The van der Waals surface area contributed by atoms with Crippen molar-refractivity contribution in [2.45, 2.75) is 6.92 Å². The fourth-order valence-corrected chi connectivity index (χ4v) is 2.61. The average Bonchev–Trinajstić information content (AvgIpc) is 2.83. The Kier molecular flexibility index (Phi) is 2.18. The van der Waals surface area contributed by atoms with Crippen LogP contribution in [0, 0.1) is 18.8 Å². The molecule has 2 heterocycles. The van der Waals surface area contributed by atoms with E-state index in [0.29, 0.717) is 13.1 Å². The standard InChI is InChI=1S/C13H14N2O2/c1-8-2-4-9(5-3-8)15-6-10-11(7-15)13(17)14-12(10)16/h2-5,10-11H,6-7H2,1H3,(H,14,16,17)/t10-,11+. The van der Waals surface area contributed by atoms with Gasteiger partial charge in [0.1, 0.15) is 0 Å². The minimum absolute atomic E-state index is 0.116. The Morgan fingerprint density at radius 2 is 1.59 bits per heavy atom. The third kappa shape index (κ3) is 1.60. The molecule has 2 aliphatic rings. The fourth-order valence-electron chi connectivity index (χ4n) is 2.61. The molecule has 2 amide bonds. The van der Waals surface area contributed by atoms with Crippen LogP contribution in [0.25, 0.3) is 0 Å². The topological polar surface area (TPSA) is 49.4 Å². The molecule has 17 heavy (non-hydrogen) atoms. The lowest BCUT2D eigenvalue weighted by Crippen LogP contribution is -2.31. The lowest BCUT2D eigenvalue weighted by atomic mass is 10.00. The van der Waals surface area contributed by atoms with Gasteiger partial charge < -0.3 is 4.90 Å². The highest BCUT2D eigenvalue weighted by Crippen LogP contribution is 2.31. The van der Waals surface area contributed by atoms with Gasteiger partial charge in [0, 0.05) is 18.8 Å². The van der Waals surface area contributed by atoms with Crippen LogP contribution in [0.4, 0.5) is 5.69 Å². The first-order valence-electron chi connectivity index (χ1n) is 5.81. The molecule has 2 saturated heterocycles. The minimum atomic E-state index is -0.163. The zero-order chi connectivity index (χ0) is 12.0. The summed E-state index contributed by atoms with van der Waals surface area (Å²) in [5.74, 6) is -0.558. The quantitative estimate of drug-likeness (QED) is 0.723.